The molecule has 1 fully saturated rings. The minimum atomic E-state index is -2.52. The molecule has 3 heterocycles. The van der Waals surface area contributed by atoms with E-state index in [0.29, 0.717) is 42.6 Å². The molecule has 9 heteroatoms. The monoisotopic (exact) mass is 522 g/mol. The Morgan fingerprint density at radius 2 is 2.00 bits per heavy atom. The lowest BCUT2D eigenvalue weighted by Gasteiger charge is -2.38. The van der Waals surface area contributed by atoms with Crippen LogP contribution in [-0.4, -0.2) is 60.8 Å². The Hall–Kier alpha value is -3.66. The number of ether oxygens (including phenoxy) is 2. The number of aromatic nitrogens is 1. The molecule has 0 radical (unpaired) electrons. The van der Waals surface area contributed by atoms with Crippen LogP contribution in [0.5, 0.6) is 0 Å². The molecule has 8 nitrogen and oxygen atoms in total. The summed E-state index contributed by atoms with van der Waals surface area (Å²) in [5, 5.41) is 3.80. The van der Waals surface area contributed by atoms with Crippen molar-refractivity contribution in [3.05, 3.63) is 69.6 Å². The molecule has 0 unspecified atom stereocenters. The van der Waals surface area contributed by atoms with E-state index >= 15 is 0 Å². The quantitative estimate of drug-likeness (QED) is 0.349. The number of thiophene rings is 1. The van der Waals surface area contributed by atoms with E-state index in [4.69, 9.17) is 16.3 Å². The van der Waals surface area contributed by atoms with Gasteiger partial charge in [-0.05, 0) is 55.3 Å². The SMILES string of the molecule is [2H]C([2H])([2H])OC1CN(C(=O)c2cccc3nc(NC(=O)c4sc5c(C(C)=O)ccc(C([2H])([2H])OC)c5c4C)ccc23)C1. The van der Waals surface area contributed by atoms with Gasteiger partial charge in [0.2, 0.25) is 0 Å². The normalized spacial score (nSPS) is 16.4. The zero-order valence-corrected chi connectivity index (χ0v) is 21.2. The number of amides is 2. The Kier molecular flexibility index (Phi) is 5.26. The van der Waals surface area contributed by atoms with Crippen LogP contribution in [0.4, 0.5) is 5.82 Å². The van der Waals surface area contributed by atoms with Gasteiger partial charge in [-0.1, -0.05) is 12.1 Å². The first-order valence-electron chi connectivity index (χ1n) is 14.0. The van der Waals surface area contributed by atoms with Crippen LogP contribution in [0.15, 0.2) is 42.5 Å². The molecule has 37 heavy (non-hydrogen) atoms. The molecular weight excluding hydrogens is 490 g/mol. The maximum atomic E-state index is 13.4. The van der Waals surface area contributed by atoms with Crippen LogP contribution in [0.2, 0.25) is 0 Å². The smallest absolute Gasteiger partial charge is 0.267 e. The predicted molar refractivity (Wildman–Crippen MR) is 144 cm³/mol. The molecule has 0 saturated carbocycles. The predicted octanol–water partition coefficient (Wildman–Crippen LogP) is 4.83. The summed E-state index contributed by atoms with van der Waals surface area (Å²) in [4.78, 5) is 45.2. The highest BCUT2D eigenvalue weighted by atomic mass is 32.1. The Morgan fingerprint density at radius 3 is 2.73 bits per heavy atom. The molecule has 0 aliphatic carbocycles. The molecule has 0 atom stereocenters. The van der Waals surface area contributed by atoms with Crippen LogP contribution in [-0.2, 0) is 16.0 Å². The van der Waals surface area contributed by atoms with Gasteiger partial charge in [-0.25, -0.2) is 4.98 Å². The minimum absolute atomic E-state index is 0.169. The average molecular weight is 523 g/mol. The van der Waals surface area contributed by atoms with Gasteiger partial charge < -0.3 is 19.7 Å². The van der Waals surface area contributed by atoms with Crippen molar-refractivity contribution in [2.75, 3.05) is 32.6 Å². The van der Waals surface area contributed by atoms with Gasteiger partial charge in [0.25, 0.3) is 11.8 Å². The second-order valence-electron chi connectivity index (χ2n) is 8.76. The zero-order chi connectivity index (χ0) is 30.6. The van der Waals surface area contributed by atoms with E-state index in [9.17, 15) is 14.4 Å². The number of Topliss-reactive ketones (excluding diaryl/α,β-unsaturated/α-hetero) is 1. The highest BCUT2D eigenvalue weighted by Gasteiger charge is 2.31. The number of benzene rings is 2. The number of likely N-dealkylation sites (tertiary alicyclic amines) is 1. The third-order valence-electron chi connectivity index (χ3n) is 6.38. The van der Waals surface area contributed by atoms with Crippen molar-refractivity contribution in [3.8, 4) is 0 Å². The van der Waals surface area contributed by atoms with Gasteiger partial charge in [0.1, 0.15) is 5.82 Å². The minimum Gasteiger partial charge on any atom is -0.380 e. The van der Waals surface area contributed by atoms with Crippen molar-refractivity contribution in [2.24, 2.45) is 0 Å². The van der Waals surface area contributed by atoms with Crippen molar-refractivity contribution < 1.29 is 30.7 Å². The number of aryl methyl sites for hydroxylation is 1. The fourth-order valence-electron chi connectivity index (χ4n) is 4.48. The lowest BCUT2D eigenvalue weighted by Crippen LogP contribution is -2.54. The number of fused-ring (bicyclic) bond motifs is 2. The maximum absolute atomic E-state index is 13.4. The largest absolute Gasteiger partial charge is 0.380 e. The number of pyridine rings is 1. The summed E-state index contributed by atoms with van der Waals surface area (Å²) in [5.41, 5.74) is 1.97. The second kappa shape index (κ2) is 10.0. The van der Waals surface area contributed by atoms with Crippen molar-refractivity contribution >= 4 is 55.7 Å². The van der Waals surface area contributed by atoms with Crippen molar-refractivity contribution in [3.63, 3.8) is 0 Å². The van der Waals surface area contributed by atoms with E-state index in [0.717, 1.165) is 11.3 Å². The zero-order valence-electron chi connectivity index (χ0n) is 25.4. The number of carbonyl (C=O) groups is 3. The molecule has 1 saturated heterocycles. The number of nitrogens with one attached hydrogen (secondary N) is 1. The maximum Gasteiger partial charge on any atom is 0.267 e. The van der Waals surface area contributed by atoms with Crippen LogP contribution >= 0.6 is 11.3 Å². The fourth-order valence-corrected chi connectivity index (χ4v) is 5.76. The molecule has 1 N–H and O–H groups in total. The van der Waals surface area contributed by atoms with Gasteiger partial charge in [0.15, 0.2) is 5.78 Å². The number of ketones is 1. The summed E-state index contributed by atoms with van der Waals surface area (Å²) in [7, 11) is -1.27. The molecule has 2 aromatic heterocycles. The summed E-state index contributed by atoms with van der Waals surface area (Å²) < 4.78 is 48.7. The molecule has 190 valence electrons. The number of nitrogens with zero attached hydrogens (tertiary/aromatic N) is 2. The molecule has 0 bridgehead atoms. The number of hydrogen-bond acceptors (Lipinski definition) is 7. The van der Waals surface area contributed by atoms with Gasteiger partial charge in [-0.2, -0.15) is 0 Å². The molecule has 1 aliphatic rings. The van der Waals surface area contributed by atoms with Crippen LogP contribution in [0.3, 0.4) is 0 Å². The summed E-state index contributed by atoms with van der Waals surface area (Å²) in [5.74, 6) is -0.730. The molecule has 2 amide bonds. The van der Waals surface area contributed by atoms with Crippen molar-refractivity contribution in [2.45, 2.75) is 26.5 Å². The van der Waals surface area contributed by atoms with E-state index in [2.05, 4.69) is 10.3 Å². The van der Waals surface area contributed by atoms with Crippen LogP contribution < -0.4 is 5.32 Å². The summed E-state index contributed by atoms with van der Waals surface area (Å²) in [6.07, 6.45) is -0.551. The highest BCUT2D eigenvalue weighted by Crippen LogP contribution is 2.37. The Labute approximate surface area is 225 Å². The fraction of sp³-hybridized carbons (Fsp3) is 0.286. The summed E-state index contributed by atoms with van der Waals surface area (Å²) in [6.45, 7) is 1.31. The number of rotatable bonds is 7. The number of methoxy groups -OCH3 is 2. The van der Waals surface area contributed by atoms with Crippen molar-refractivity contribution in [1.82, 2.24) is 9.88 Å². The van der Waals surface area contributed by atoms with Crippen molar-refractivity contribution in [1.29, 1.82) is 0 Å². The Morgan fingerprint density at radius 1 is 1.19 bits per heavy atom. The first kappa shape index (κ1) is 19.5. The Balaban J connectivity index is 1.42. The van der Waals surface area contributed by atoms with E-state index in [1.54, 1.807) is 43.3 Å². The van der Waals surface area contributed by atoms with Gasteiger partial charge in [0.05, 0.1) is 29.9 Å². The second-order valence-corrected chi connectivity index (χ2v) is 9.78. The molecule has 0 spiro atoms. The van der Waals surface area contributed by atoms with E-state index in [-0.39, 0.29) is 36.2 Å². The molecular formula is C28H27N3O5S. The van der Waals surface area contributed by atoms with Gasteiger partial charge >= 0.3 is 0 Å². The number of anilines is 1. The van der Waals surface area contributed by atoms with Crippen LogP contribution in [0.25, 0.3) is 21.0 Å². The lowest BCUT2D eigenvalue weighted by atomic mass is 10.0. The number of carbonyl (C=O) groups excluding carboxylic acids is 3. The topological polar surface area (TPSA) is 97.8 Å². The first-order valence-corrected chi connectivity index (χ1v) is 12.3. The van der Waals surface area contributed by atoms with Gasteiger partial charge in [-0.3, -0.25) is 14.4 Å². The van der Waals surface area contributed by atoms with Crippen LogP contribution in [0.1, 0.15) is 55.3 Å². The van der Waals surface area contributed by atoms with E-state index in [1.807, 2.05) is 0 Å². The van der Waals surface area contributed by atoms with E-state index < -0.39 is 25.6 Å². The third-order valence-corrected chi connectivity index (χ3v) is 7.70. The molecule has 4 aromatic rings. The van der Waals surface area contributed by atoms with Gasteiger partial charge in [-0.15, -0.1) is 11.3 Å². The first-order chi connectivity index (χ1) is 19.7. The van der Waals surface area contributed by atoms with E-state index in [1.165, 1.54) is 25.0 Å². The summed E-state index contributed by atoms with van der Waals surface area (Å²) in [6, 6.07) is 11.3. The Bertz CT molecular complexity index is 1750. The standard InChI is InChI=1S/C28H27N3O5S/c1-15-24-17(14-35-3)8-9-19(16(2)32)26(24)37-25(15)27(33)30-23-11-10-20-21(6-5-7-22(20)29-23)28(34)31-12-18(13-31)36-4/h5-11,18H,12-14H2,1-4H3,(H,29,30,33)/i4D3,14D2. The average Bonchev–Trinajstić information content (AvgIpc) is 3.25. The summed E-state index contributed by atoms with van der Waals surface area (Å²) >= 11 is 1.09. The molecule has 2 aromatic carbocycles. The van der Waals surface area contributed by atoms with Crippen LogP contribution in [0, 0.1) is 6.92 Å². The number of hydrogen-bond donors (Lipinski definition) is 1. The van der Waals surface area contributed by atoms with Gasteiger partial charge in [0, 0.05) is 53.8 Å². The lowest BCUT2D eigenvalue weighted by molar-refractivity contribution is -0.0191. The molecule has 5 rings (SSSR count). The third kappa shape index (κ3) is 4.50. The highest BCUT2D eigenvalue weighted by molar-refractivity contribution is 7.21. The molecule has 1 aliphatic heterocycles.